The molecule has 2 heterocycles. The van der Waals surface area contributed by atoms with Gasteiger partial charge in [-0.2, -0.15) is 0 Å². The molecule has 0 aliphatic heterocycles. The van der Waals surface area contributed by atoms with Crippen LogP contribution < -0.4 is 10.9 Å². The number of aryl methyl sites for hydroxylation is 1. The lowest BCUT2D eigenvalue weighted by molar-refractivity contribution is 0.0906. The molecule has 7 heteroatoms. The summed E-state index contributed by atoms with van der Waals surface area (Å²) in [6, 6.07) is 4.78. The van der Waals surface area contributed by atoms with Gasteiger partial charge in [-0.05, 0) is 13.0 Å². The first-order valence-corrected chi connectivity index (χ1v) is 6.97. The second kappa shape index (κ2) is 6.44. The Labute approximate surface area is 119 Å². The van der Waals surface area contributed by atoms with E-state index in [1.165, 1.54) is 22.0 Å². The molecule has 20 heavy (non-hydrogen) atoms. The quantitative estimate of drug-likeness (QED) is 0.836. The minimum atomic E-state index is -0.827. The molecule has 0 bridgehead atoms. The highest BCUT2D eigenvalue weighted by Gasteiger charge is 2.13. The second-order valence-electron chi connectivity index (χ2n) is 4.32. The number of aromatic nitrogens is 2. The molecule has 0 fully saturated rings. The number of thiazole rings is 1. The van der Waals surface area contributed by atoms with Gasteiger partial charge in [0.25, 0.3) is 11.5 Å². The Morgan fingerprint density at radius 3 is 3.00 bits per heavy atom. The number of hydrogen-bond acceptors (Lipinski definition) is 5. The molecule has 0 aliphatic carbocycles. The lowest BCUT2D eigenvalue weighted by Gasteiger charge is -2.13. The van der Waals surface area contributed by atoms with E-state index in [-0.39, 0.29) is 24.6 Å². The van der Waals surface area contributed by atoms with E-state index in [0.717, 1.165) is 0 Å². The fraction of sp³-hybridized carbons (Fsp3) is 0.308. The molecule has 0 spiro atoms. The van der Waals surface area contributed by atoms with Gasteiger partial charge in [0.2, 0.25) is 0 Å². The number of pyridine rings is 1. The van der Waals surface area contributed by atoms with Crippen molar-refractivity contribution in [3.63, 3.8) is 0 Å². The molecule has 106 valence electrons. The molecule has 1 atom stereocenters. The first-order chi connectivity index (χ1) is 9.58. The molecule has 1 unspecified atom stereocenters. The summed E-state index contributed by atoms with van der Waals surface area (Å²) in [5, 5.41) is 12.5. The molecule has 0 aromatic carbocycles. The van der Waals surface area contributed by atoms with Crippen LogP contribution in [0.3, 0.4) is 0 Å². The van der Waals surface area contributed by atoms with Crippen molar-refractivity contribution in [2.75, 3.05) is 6.54 Å². The average molecular weight is 293 g/mol. The van der Waals surface area contributed by atoms with Crippen molar-refractivity contribution in [2.45, 2.75) is 19.6 Å². The van der Waals surface area contributed by atoms with Crippen molar-refractivity contribution in [3.8, 4) is 0 Å². The van der Waals surface area contributed by atoms with E-state index < -0.39 is 6.10 Å². The van der Waals surface area contributed by atoms with Gasteiger partial charge in [-0.25, -0.2) is 4.98 Å². The van der Waals surface area contributed by atoms with Gasteiger partial charge in [-0.15, -0.1) is 11.3 Å². The van der Waals surface area contributed by atoms with Crippen LogP contribution in [0.4, 0.5) is 0 Å². The number of amides is 1. The van der Waals surface area contributed by atoms with Crippen LogP contribution in [0.15, 0.2) is 34.7 Å². The van der Waals surface area contributed by atoms with Crippen LogP contribution in [-0.4, -0.2) is 33.2 Å². The van der Waals surface area contributed by atoms with Gasteiger partial charge < -0.3 is 15.0 Å². The molecule has 2 aromatic heterocycles. The van der Waals surface area contributed by atoms with Crippen molar-refractivity contribution in [2.24, 2.45) is 0 Å². The van der Waals surface area contributed by atoms with Crippen molar-refractivity contribution in [1.82, 2.24) is 14.9 Å². The van der Waals surface area contributed by atoms with Crippen molar-refractivity contribution in [1.29, 1.82) is 0 Å². The maximum absolute atomic E-state index is 11.8. The lowest BCUT2D eigenvalue weighted by Crippen LogP contribution is -2.36. The van der Waals surface area contributed by atoms with Gasteiger partial charge in [0, 0.05) is 18.8 Å². The van der Waals surface area contributed by atoms with Gasteiger partial charge in [-0.1, -0.05) is 6.07 Å². The number of carbonyl (C=O) groups excluding carboxylic acids is 1. The van der Waals surface area contributed by atoms with Gasteiger partial charge in [0.1, 0.15) is 4.88 Å². The molecule has 6 nitrogen and oxygen atoms in total. The monoisotopic (exact) mass is 293 g/mol. The minimum Gasteiger partial charge on any atom is -0.389 e. The zero-order valence-corrected chi connectivity index (χ0v) is 11.8. The number of nitrogens with one attached hydrogen (secondary N) is 1. The van der Waals surface area contributed by atoms with E-state index in [2.05, 4.69) is 10.3 Å². The SMILES string of the molecule is Cc1ncsc1C(=O)NCC(O)Cn1ccccc1=O. The van der Waals surface area contributed by atoms with Crippen LogP contribution in [-0.2, 0) is 6.54 Å². The largest absolute Gasteiger partial charge is 0.389 e. The Kier molecular flexibility index (Phi) is 4.65. The summed E-state index contributed by atoms with van der Waals surface area (Å²) in [5.74, 6) is -0.260. The molecule has 2 rings (SSSR count). The van der Waals surface area contributed by atoms with E-state index in [4.69, 9.17) is 0 Å². The van der Waals surface area contributed by atoms with E-state index in [0.29, 0.717) is 10.6 Å². The van der Waals surface area contributed by atoms with Gasteiger partial charge in [-0.3, -0.25) is 9.59 Å². The van der Waals surface area contributed by atoms with Crippen molar-refractivity contribution >= 4 is 17.2 Å². The van der Waals surface area contributed by atoms with Crippen molar-refractivity contribution < 1.29 is 9.90 Å². The Morgan fingerprint density at radius 2 is 2.35 bits per heavy atom. The second-order valence-corrected chi connectivity index (χ2v) is 5.18. The van der Waals surface area contributed by atoms with Crippen LogP contribution in [0.5, 0.6) is 0 Å². The smallest absolute Gasteiger partial charge is 0.263 e. The predicted molar refractivity (Wildman–Crippen MR) is 75.9 cm³/mol. The first-order valence-electron chi connectivity index (χ1n) is 6.09. The van der Waals surface area contributed by atoms with Crippen LogP contribution >= 0.6 is 11.3 Å². The van der Waals surface area contributed by atoms with Gasteiger partial charge in [0.15, 0.2) is 0 Å². The zero-order valence-electron chi connectivity index (χ0n) is 10.9. The highest BCUT2D eigenvalue weighted by atomic mass is 32.1. The molecule has 1 amide bonds. The first kappa shape index (κ1) is 14.4. The minimum absolute atomic E-state index is 0.0809. The fourth-order valence-corrected chi connectivity index (χ4v) is 2.43. The van der Waals surface area contributed by atoms with E-state index in [9.17, 15) is 14.7 Å². The van der Waals surface area contributed by atoms with Crippen LogP contribution in [0.1, 0.15) is 15.4 Å². The summed E-state index contributed by atoms with van der Waals surface area (Å²) in [5.41, 5.74) is 2.09. The Morgan fingerprint density at radius 1 is 1.55 bits per heavy atom. The molecular weight excluding hydrogens is 278 g/mol. The lowest BCUT2D eigenvalue weighted by atomic mass is 10.3. The molecule has 0 saturated heterocycles. The maximum atomic E-state index is 11.8. The number of rotatable bonds is 5. The summed E-state index contributed by atoms with van der Waals surface area (Å²) in [7, 11) is 0. The molecule has 0 radical (unpaired) electrons. The topological polar surface area (TPSA) is 84.2 Å². The number of aliphatic hydroxyl groups is 1. The fourth-order valence-electron chi connectivity index (χ4n) is 1.71. The summed E-state index contributed by atoms with van der Waals surface area (Å²) < 4.78 is 1.40. The highest BCUT2D eigenvalue weighted by Crippen LogP contribution is 2.11. The van der Waals surface area contributed by atoms with Gasteiger partial charge >= 0.3 is 0 Å². The molecule has 2 aromatic rings. The summed E-state index contributed by atoms with van der Waals surface area (Å²) in [6.07, 6.45) is 0.771. The highest BCUT2D eigenvalue weighted by molar-refractivity contribution is 7.11. The van der Waals surface area contributed by atoms with Crippen molar-refractivity contribution in [3.05, 3.63) is 50.8 Å². The zero-order chi connectivity index (χ0) is 14.5. The third-order valence-electron chi connectivity index (χ3n) is 2.76. The molecule has 2 N–H and O–H groups in total. The maximum Gasteiger partial charge on any atom is 0.263 e. The average Bonchev–Trinajstić information content (AvgIpc) is 2.85. The molecule has 0 saturated carbocycles. The molecular formula is C13H15N3O3S. The number of aliphatic hydroxyl groups excluding tert-OH is 1. The summed E-state index contributed by atoms with van der Waals surface area (Å²) >= 11 is 1.26. The summed E-state index contributed by atoms with van der Waals surface area (Å²) in [4.78, 5) is 27.8. The Hall–Kier alpha value is -1.99. The normalized spacial score (nSPS) is 12.1. The molecule has 0 aliphatic rings. The summed E-state index contributed by atoms with van der Waals surface area (Å²) in [6.45, 7) is 1.98. The van der Waals surface area contributed by atoms with E-state index in [1.54, 1.807) is 30.8 Å². The van der Waals surface area contributed by atoms with Crippen LogP contribution in [0.2, 0.25) is 0 Å². The van der Waals surface area contributed by atoms with Gasteiger partial charge in [0.05, 0.1) is 23.9 Å². The van der Waals surface area contributed by atoms with Crippen LogP contribution in [0.25, 0.3) is 0 Å². The third-order valence-corrected chi connectivity index (χ3v) is 3.68. The number of carbonyl (C=O) groups is 1. The number of hydrogen-bond donors (Lipinski definition) is 2. The Balaban J connectivity index is 1.88. The standard InChI is InChI=1S/C13H15N3O3S/c1-9-12(20-8-15-9)13(19)14-6-10(17)7-16-5-3-2-4-11(16)18/h2-5,8,10,17H,6-7H2,1H3,(H,14,19). The third kappa shape index (κ3) is 3.52. The number of nitrogens with zero attached hydrogens (tertiary/aromatic N) is 2. The van der Waals surface area contributed by atoms with E-state index >= 15 is 0 Å². The Bertz CT molecular complexity index is 650. The van der Waals surface area contributed by atoms with Crippen LogP contribution in [0, 0.1) is 6.92 Å². The predicted octanol–water partition coefficient (Wildman–Crippen LogP) is 0.404. The van der Waals surface area contributed by atoms with E-state index in [1.807, 2.05) is 0 Å².